The number of aliphatic hydroxyl groups is 10. The van der Waals surface area contributed by atoms with Crippen molar-refractivity contribution in [1.29, 1.82) is 0 Å². The highest BCUT2D eigenvalue weighted by Crippen LogP contribution is 2.35. The normalized spacial score (nSPS) is 43.4. The van der Waals surface area contributed by atoms with Gasteiger partial charge in [-0.25, -0.2) is 0 Å². The van der Waals surface area contributed by atoms with Crippen LogP contribution in [0.4, 0.5) is 0 Å². The third kappa shape index (κ3) is 13.5. The zero-order chi connectivity index (χ0) is 43.1. The third-order valence-corrected chi connectivity index (χ3v) is 13.3. The first-order valence-corrected chi connectivity index (χ1v) is 23.1. The molecule has 20 atom stereocenters. The molecule has 0 aromatic heterocycles. The summed E-state index contributed by atoms with van der Waals surface area (Å²) < 4.78 is 45.5. The van der Waals surface area contributed by atoms with E-state index in [1.54, 1.807) is 37.4 Å². The van der Waals surface area contributed by atoms with Gasteiger partial charge in [0.2, 0.25) is 0 Å². The van der Waals surface area contributed by atoms with E-state index in [9.17, 15) is 51.1 Å². The van der Waals surface area contributed by atoms with E-state index in [1.165, 1.54) is 0 Å². The van der Waals surface area contributed by atoms with E-state index in [1.807, 2.05) is 13.8 Å². The van der Waals surface area contributed by atoms with Gasteiger partial charge in [-0.15, -0.1) is 0 Å². The maximum atomic E-state index is 10.7. The number of thioether (sulfide) groups is 2. The summed E-state index contributed by atoms with van der Waals surface area (Å²) in [6, 6.07) is 0. The standard InChI is InChI=1S/2C19H36O9S/c2*1-4-7-29-9-12-17(14(22)16(24)18(27-12)25-6-3)28-19-15(23)13(21)10(5-2)11(8-20)26-19/h2*10-24H,4-9H2,1-3H3/t2*10?,11?,12?,13-,14+,15?,16?,17?,18-,19+/m00/s1. The summed E-state index contributed by atoms with van der Waals surface area (Å²) >= 11 is 3.23. The Morgan fingerprint density at radius 2 is 0.759 bits per heavy atom. The van der Waals surface area contributed by atoms with Crippen molar-refractivity contribution in [3.05, 3.63) is 0 Å². The molecule has 20 heteroatoms. The van der Waals surface area contributed by atoms with Crippen LogP contribution in [0.25, 0.3) is 0 Å². The molecule has 344 valence electrons. The summed E-state index contributed by atoms with van der Waals surface area (Å²) in [5.74, 6) is 1.86. The Labute approximate surface area is 350 Å². The van der Waals surface area contributed by atoms with E-state index in [0.29, 0.717) is 37.6 Å². The summed E-state index contributed by atoms with van der Waals surface area (Å²) in [6.07, 6.45) is -16.6. The first-order valence-electron chi connectivity index (χ1n) is 20.8. The minimum absolute atomic E-state index is 0.308. The number of rotatable bonds is 20. The van der Waals surface area contributed by atoms with E-state index < -0.39 is 122 Å². The van der Waals surface area contributed by atoms with Crippen molar-refractivity contribution >= 4 is 23.5 Å². The predicted molar refractivity (Wildman–Crippen MR) is 213 cm³/mol. The molecule has 18 nitrogen and oxygen atoms in total. The molecule has 0 saturated carbocycles. The number of aliphatic hydroxyl groups excluding tert-OH is 10. The van der Waals surface area contributed by atoms with Crippen LogP contribution in [0, 0.1) is 11.8 Å². The Bertz CT molecular complexity index is 1020. The van der Waals surface area contributed by atoms with Crippen LogP contribution >= 0.6 is 23.5 Å². The molecule has 4 saturated heterocycles. The molecule has 0 aliphatic carbocycles. The highest BCUT2D eigenvalue weighted by molar-refractivity contribution is 7.99. The highest BCUT2D eigenvalue weighted by atomic mass is 32.2. The molecule has 4 fully saturated rings. The first-order chi connectivity index (χ1) is 27.8. The lowest BCUT2D eigenvalue weighted by atomic mass is 9.87. The van der Waals surface area contributed by atoms with Crippen LogP contribution in [0.1, 0.15) is 67.2 Å². The molecule has 0 aromatic carbocycles. The van der Waals surface area contributed by atoms with Crippen molar-refractivity contribution in [1.82, 2.24) is 0 Å². The van der Waals surface area contributed by atoms with E-state index in [4.69, 9.17) is 37.9 Å². The summed E-state index contributed by atoms with van der Waals surface area (Å²) in [4.78, 5) is 0. The van der Waals surface area contributed by atoms with Crippen molar-refractivity contribution < 1.29 is 89.0 Å². The van der Waals surface area contributed by atoms with E-state index >= 15 is 0 Å². The van der Waals surface area contributed by atoms with Crippen molar-refractivity contribution in [3.63, 3.8) is 0 Å². The van der Waals surface area contributed by atoms with Crippen LogP contribution in [0.15, 0.2) is 0 Å². The molecule has 4 aliphatic rings. The Hall–Kier alpha value is -0.0200. The van der Waals surface area contributed by atoms with Gasteiger partial charge < -0.3 is 89.0 Å². The maximum Gasteiger partial charge on any atom is 0.187 e. The Morgan fingerprint density at radius 1 is 0.431 bits per heavy atom. The molecule has 0 bridgehead atoms. The molecule has 10 N–H and O–H groups in total. The SMILES string of the molecule is CCCSCC1O[C@H](OCC)C(O)[C@@H](O)C1O[C@H]1OC(CO)C(CC)[C@H](O)C1O.CCCSCC1O[C@H](OCC)C(O)[C@@H](O)C1O[C@H]1OC(CO)C(CC)[C@H](O)C1O. The molecule has 12 unspecified atom stereocenters. The second kappa shape index (κ2) is 26.6. The topological polar surface area (TPSA) is 276 Å². The Morgan fingerprint density at radius 3 is 1.05 bits per heavy atom. The van der Waals surface area contributed by atoms with Gasteiger partial charge >= 0.3 is 0 Å². The van der Waals surface area contributed by atoms with Crippen LogP contribution < -0.4 is 0 Å². The monoisotopic (exact) mass is 880 g/mol. The molecule has 0 aromatic rings. The minimum Gasteiger partial charge on any atom is -0.394 e. The van der Waals surface area contributed by atoms with Crippen LogP contribution in [0.5, 0.6) is 0 Å². The zero-order valence-electron chi connectivity index (χ0n) is 34.6. The largest absolute Gasteiger partial charge is 0.394 e. The van der Waals surface area contributed by atoms with E-state index in [-0.39, 0.29) is 13.2 Å². The predicted octanol–water partition coefficient (Wildman–Crippen LogP) is -1.07. The highest BCUT2D eigenvalue weighted by Gasteiger charge is 2.52. The summed E-state index contributed by atoms with van der Waals surface area (Å²) in [5, 5.41) is 103. The number of hydrogen-bond acceptors (Lipinski definition) is 20. The first kappa shape index (κ1) is 52.3. The molecular formula is C38H72O18S2. The third-order valence-electron chi connectivity index (χ3n) is 10.8. The number of ether oxygens (including phenoxy) is 8. The van der Waals surface area contributed by atoms with Gasteiger partial charge in [-0.05, 0) is 51.0 Å². The summed E-state index contributed by atoms with van der Waals surface area (Å²) in [7, 11) is 0. The second-order valence-corrected chi connectivity index (χ2v) is 17.2. The van der Waals surface area contributed by atoms with E-state index in [0.717, 1.165) is 24.3 Å². The zero-order valence-corrected chi connectivity index (χ0v) is 36.2. The Balaban J connectivity index is 0.000000310. The lowest BCUT2D eigenvalue weighted by Crippen LogP contribution is -2.63. The average molecular weight is 881 g/mol. The van der Waals surface area contributed by atoms with Crippen molar-refractivity contribution in [3.8, 4) is 0 Å². The van der Waals surface area contributed by atoms with Gasteiger partial charge in [0.25, 0.3) is 0 Å². The summed E-state index contributed by atoms with van der Waals surface area (Å²) in [5.41, 5.74) is 0. The maximum absolute atomic E-state index is 10.7. The van der Waals surface area contributed by atoms with Crippen molar-refractivity contribution in [2.75, 3.05) is 49.4 Å². The molecule has 4 rings (SSSR count). The minimum atomic E-state index is -1.36. The molecular weight excluding hydrogens is 809 g/mol. The quantitative estimate of drug-likeness (QED) is 0.0652. The van der Waals surface area contributed by atoms with Gasteiger partial charge in [-0.3, -0.25) is 0 Å². The van der Waals surface area contributed by atoms with Crippen molar-refractivity contribution in [2.45, 2.75) is 178 Å². The molecule has 0 spiro atoms. The van der Waals surface area contributed by atoms with E-state index in [2.05, 4.69) is 13.8 Å². The Kier molecular flexibility index (Phi) is 24.0. The van der Waals surface area contributed by atoms with Gasteiger partial charge in [-0.1, -0.05) is 27.7 Å². The second-order valence-electron chi connectivity index (χ2n) is 14.9. The number of hydrogen-bond donors (Lipinski definition) is 10. The fourth-order valence-corrected chi connectivity index (χ4v) is 9.50. The van der Waals surface area contributed by atoms with Crippen LogP contribution in [0.2, 0.25) is 0 Å². The molecule has 0 radical (unpaired) electrons. The lowest BCUT2D eigenvalue weighted by molar-refractivity contribution is -0.351. The fourth-order valence-electron chi connectivity index (χ4n) is 7.58. The van der Waals surface area contributed by atoms with Crippen LogP contribution in [-0.2, 0) is 37.9 Å². The fraction of sp³-hybridized carbons (Fsp3) is 1.00. The van der Waals surface area contributed by atoms with Gasteiger partial charge in [0.1, 0.15) is 48.8 Å². The van der Waals surface area contributed by atoms with Crippen LogP contribution in [-0.4, -0.2) is 211 Å². The smallest absolute Gasteiger partial charge is 0.187 e. The van der Waals surface area contributed by atoms with Gasteiger partial charge in [0, 0.05) is 36.6 Å². The molecule has 58 heavy (non-hydrogen) atoms. The molecule has 4 aliphatic heterocycles. The molecule has 4 heterocycles. The van der Waals surface area contributed by atoms with Crippen LogP contribution in [0.3, 0.4) is 0 Å². The van der Waals surface area contributed by atoms with Gasteiger partial charge in [0.15, 0.2) is 25.2 Å². The lowest BCUT2D eigenvalue weighted by Gasteiger charge is -2.47. The summed E-state index contributed by atoms with van der Waals surface area (Å²) in [6.45, 7) is 11.2. The van der Waals surface area contributed by atoms with Crippen molar-refractivity contribution in [2.24, 2.45) is 11.8 Å². The molecule has 0 amide bonds. The average Bonchev–Trinajstić information content (AvgIpc) is 3.21. The van der Waals surface area contributed by atoms with Gasteiger partial charge in [0.05, 0.1) is 49.8 Å². The van der Waals surface area contributed by atoms with Gasteiger partial charge in [-0.2, -0.15) is 23.5 Å².